The number of benzene rings is 1. The van der Waals surface area contributed by atoms with Gasteiger partial charge < -0.3 is 4.74 Å². The van der Waals surface area contributed by atoms with Gasteiger partial charge in [-0.15, -0.1) is 0 Å². The first-order chi connectivity index (χ1) is 7.31. The van der Waals surface area contributed by atoms with E-state index in [9.17, 15) is 0 Å². The Balaban J connectivity index is 2.15. The third kappa shape index (κ3) is 2.52. The minimum absolute atomic E-state index is 0.976. The zero-order valence-corrected chi connectivity index (χ0v) is 10.6. The van der Waals surface area contributed by atoms with Crippen molar-refractivity contribution in [2.75, 3.05) is 20.2 Å². The topological polar surface area (TPSA) is 12.5 Å². The first-order valence-electron chi connectivity index (χ1n) is 5.35. The highest BCUT2D eigenvalue weighted by Gasteiger charge is 2.14. The minimum atomic E-state index is 0.976. The van der Waals surface area contributed by atoms with E-state index in [0.29, 0.717) is 0 Å². The summed E-state index contributed by atoms with van der Waals surface area (Å²) in [5.74, 6) is 0.976. The fraction of sp³-hybridized carbons (Fsp3) is 0.500. The number of ether oxygens (including phenoxy) is 1. The molecule has 2 rings (SSSR count). The maximum atomic E-state index is 5.41. The van der Waals surface area contributed by atoms with Crippen molar-refractivity contribution >= 4 is 15.9 Å². The van der Waals surface area contributed by atoms with Gasteiger partial charge in [-0.2, -0.15) is 0 Å². The van der Waals surface area contributed by atoms with Gasteiger partial charge in [0.05, 0.1) is 11.6 Å². The van der Waals surface area contributed by atoms with Crippen molar-refractivity contribution in [2.24, 2.45) is 0 Å². The molecule has 0 spiro atoms. The zero-order chi connectivity index (χ0) is 10.7. The van der Waals surface area contributed by atoms with Crippen LogP contribution in [-0.2, 0) is 6.54 Å². The number of rotatable bonds is 3. The highest BCUT2D eigenvalue weighted by atomic mass is 79.9. The van der Waals surface area contributed by atoms with Gasteiger partial charge in [0, 0.05) is 12.1 Å². The van der Waals surface area contributed by atoms with Crippen molar-refractivity contribution in [2.45, 2.75) is 19.4 Å². The van der Waals surface area contributed by atoms with E-state index in [1.165, 1.54) is 31.5 Å². The molecular weight excluding hydrogens is 254 g/mol. The lowest BCUT2D eigenvalue weighted by atomic mass is 10.2. The maximum Gasteiger partial charge on any atom is 0.137 e. The number of hydrogen-bond acceptors (Lipinski definition) is 2. The van der Waals surface area contributed by atoms with E-state index in [1.807, 2.05) is 6.07 Å². The molecule has 1 aliphatic rings. The third-order valence-corrected chi connectivity index (χ3v) is 3.47. The quantitative estimate of drug-likeness (QED) is 0.837. The molecule has 0 bridgehead atoms. The number of halogens is 1. The summed E-state index contributed by atoms with van der Waals surface area (Å²) in [5, 5.41) is 0. The fourth-order valence-electron chi connectivity index (χ4n) is 2.09. The molecule has 0 aliphatic carbocycles. The Bertz CT molecular complexity index is 334. The summed E-state index contributed by atoms with van der Waals surface area (Å²) in [6.45, 7) is 3.44. The molecule has 0 atom stereocenters. The van der Waals surface area contributed by atoms with Crippen LogP contribution in [0.5, 0.6) is 5.75 Å². The fourth-order valence-corrected chi connectivity index (χ4v) is 2.66. The normalized spacial score (nSPS) is 16.9. The Hall–Kier alpha value is -0.540. The molecule has 3 heteroatoms. The third-order valence-electron chi connectivity index (χ3n) is 2.85. The molecule has 0 N–H and O–H groups in total. The van der Waals surface area contributed by atoms with Crippen molar-refractivity contribution in [3.63, 3.8) is 0 Å². The van der Waals surface area contributed by atoms with Gasteiger partial charge >= 0.3 is 0 Å². The maximum absolute atomic E-state index is 5.41. The van der Waals surface area contributed by atoms with Gasteiger partial charge in [0.1, 0.15) is 5.75 Å². The number of para-hydroxylation sites is 1. The predicted octanol–water partition coefficient (Wildman–Crippen LogP) is 3.05. The van der Waals surface area contributed by atoms with Crippen LogP contribution in [0.2, 0.25) is 0 Å². The summed E-state index contributed by atoms with van der Waals surface area (Å²) in [4.78, 5) is 2.48. The van der Waals surface area contributed by atoms with Gasteiger partial charge in [0.15, 0.2) is 0 Å². The van der Waals surface area contributed by atoms with Crippen LogP contribution >= 0.6 is 15.9 Å². The van der Waals surface area contributed by atoms with Crippen LogP contribution in [0.25, 0.3) is 0 Å². The van der Waals surface area contributed by atoms with E-state index < -0.39 is 0 Å². The molecule has 1 aliphatic heterocycles. The Morgan fingerprint density at radius 1 is 1.33 bits per heavy atom. The Kier molecular flexibility index (Phi) is 3.65. The Morgan fingerprint density at radius 2 is 2.07 bits per heavy atom. The molecule has 0 aromatic heterocycles. The monoisotopic (exact) mass is 269 g/mol. The lowest BCUT2D eigenvalue weighted by Crippen LogP contribution is -2.18. The lowest BCUT2D eigenvalue weighted by Gasteiger charge is -2.17. The van der Waals surface area contributed by atoms with E-state index >= 15 is 0 Å². The minimum Gasteiger partial charge on any atom is -0.495 e. The average Bonchev–Trinajstić information content (AvgIpc) is 2.71. The number of likely N-dealkylation sites (tertiary alicyclic amines) is 1. The van der Waals surface area contributed by atoms with Gasteiger partial charge in [0.2, 0.25) is 0 Å². The molecule has 2 nitrogen and oxygen atoms in total. The molecular formula is C12H16BrNO. The number of methoxy groups -OCH3 is 1. The Morgan fingerprint density at radius 3 is 2.73 bits per heavy atom. The number of hydrogen-bond donors (Lipinski definition) is 0. The predicted molar refractivity (Wildman–Crippen MR) is 65.2 cm³/mol. The second-order valence-electron chi connectivity index (χ2n) is 3.92. The molecule has 1 aromatic carbocycles. The molecule has 15 heavy (non-hydrogen) atoms. The molecule has 0 saturated carbocycles. The Labute approximate surface area is 99.4 Å². The highest BCUT2D eigenvalue weighted by molar-refractivity contribution is 9.10. The summed E-state index contributed by atoms with van der Waals surface area (Å²) in [6.07, 6.45) is 2.66. The first-order valence-corrected chi connectivity index (χ1v) is 6.14. The lowest BCUT2D eigenvalue weighted by molar-refractivity contribution is 0.320. The molecule has 1 aromatic rings. The van der Waals surface area contributed by atoms with E-state index in [1.54, 1.807) is 7.11 Å². The SMILES string of the molecule is COc1c(Br)cccc1CN1CCCC1. The van der Waals surface area contributed by atoms with Crippen LogP contribution in [0.4, 0.5) is 0 Å². The molecule has 82 valence electrons. The summed E-state index contributed by atoms with van der Waals surface area (Å²) >= 11 is 3.51. The van der Waals surface area contributed by atoms with E-state index in [-0.39, 0.29) is 0 Å². The van der Waals surface area contributed by atoms with Crippen LogP contribution in [0.1, 0.15) is 18.4 Å². The van der Waals surface area contributed by atoms with Crippen LogP contribution in [-0.4, -0.2) is 25.1 Å². The number of nitrogens with zero attached hydrogens (tertiary/aromatic N) is 1. The van der Waals surface area contributed by atoms with Crippen molar-refractivity contribution in [3.05, 3.63) is 28.2 Å². The van der Waals surface area contributed by atoms with Crippen molar-refractivity contribution in [1.82, 2.24) is 4.90 Å². The molecule has 1 fully saturated rings. The zero-order valence-electron chi connectivity index (χ0n) is 9.00. The van der Waals surface area contributed by atoms with Gasteiger partial charge in [-0.1, -0.05) is 12.1 Å². The smallest absolute Gasteiger partial charge is 0.137 e. The summed E-state index contributed by atoms with van der Waals surface area (Å²) in [7, 11) is 1.73. The molecule has 1 heterocycles. The highest BCUT2D eigenvalue weighted by Crippen LogP contribution is 2.30. The molecule has 0 unspecified atom stereocenters. The van der Waals surface area contributed by atoms with Gasteiger partial charge in [-0.25, -0.2) is 0 Å². The largest absolute Gasteiger partial charge is 0.495 e. The van der Waals surface area contributed by atoms with E-state index in [4.69, 9.17) is 4.74 Å². The standard InChI is InChI=1S/C12H16BrNO/c1-15-12-10(5-4-6-11(12)13)9-14-7-2-3-8-14/h4-6H,2-3,7-9H2,1H3. The summed E-state index contributed by atoms with van der Waals surface area (Å²) in [5.41, 5.74) is 1.27. The molecule has 0 radical (unpaired) electrons. The van der Waals surface area contributed by atoms with E-state index in [0.717, 1.165) is 16.8 Å². The van der Waals surface area contributed by atoms with Gasteiger partial charge in [0.25, 0.3) is 0 Å². The van der Waals surface area contributed by atoms with Crippen molar-refractivity contribution in [3.8, 4) is 5.75 Å². The van der Waals surface area contributed by atoms with Crippen molar-refractivity contribution < 1.29 is 4.74 Å². The van der Waals surface area contributed by atoms with Crippen LogP contribution in [0, 0.1) is 0 Å². The second-order valence-corrected chi connectivity index (χ2v) is 4.77. The van der Waals surface area contributed by atoms with Gasteiger partial charge in [-0.05, 0) is 47.9 Å². The van der Waals surface area contributed by atoms with Crippen LogP contribution < -0.4 is 4.74 Å². The van der Waals surface area contributed by atoms with E-state index in [2.05, 4.69) is 33.0 Å². The van der Waals surface area contributed by atoms with Crippen LogP contribution in [0.3, 0.4) is 0 Å². The first kappa shape index (κ1) is 11.0. The van der Waals surface area contributed by atoms with Crippen molar-refractivity contribution in [1.29, 1.82) is 0 Å². The molecule has 1 saturated heterocycles. The summed E-state index contributed by atoms with van der Waals surface area (Å²) < 4.78 is 6.46. The van der Waals surface area contributed by atoms with Crippen LogP contribution in [0.15, 0.2) is 22.7 Å². The molecule has 0 amide bonds. The van der Waals surface area contributed by atoms with Gasteiger partial charge in [-0.3, -0.25) is 4.90 Å². The average molecular weight is 270 g/mol. The second kappa shape index (κ2) is 4.99. The summed E-state index contributed by atoms with van der Waals surface area (Å²) in [6, 6.07) is 6.23.